The van der Waals surface area contributed by atoms with E-state index in [9.17, 15) is 19.5 Å². The molecule has 1 unspecified atom stereocenters. The van der Waals surface area contributed by atoms with E-state index < -0.39 is 23.5 Å². The predicted molar refractivity (Wildman–Crippen MR) is 126 cm³/mol. The number of hydrogen-bond acceptors (Lipinski definition) is 4. The van der Waals surface area contributed by atoms with Crippen molar-refractivity contribution in [2.45, 2.75) is 51.1 Å². The number of nitrogens with one attached hydrogen (secondary N) is 1. The highest BCUT2D eigenvalue weighted by atomic mass is 16.5. The molecule has 2 amide bonds. The van der Waals surface area contributed by atoms with Gasteiger partial charge in [-0.15, -0.1) is 0 Å². The SMILES string of the molecule is CC1(C)CN(C(=O)[C@H]2CC[C@@H](NC(=O)OCC3c4ccccc4-c4ccccc43)C2)C1C(=O)O. The molecule has 178 valence electrons. The van der Waals surface area contributed by atoms with Crippen molar-refractivity contribution in [3.05, 3.63) is 59.7 Å². The van der Waals surface area contributed by atoms with E-state index in [4.69, 9.17) is 4.74 Å². The van der Waals surface area contributed by atoms with Gasteiger partial charge in [0.2, 0.25) is 5.91 Å². The molecule has 1 heterocycles. The minimum absolute atomic E-state index is 0.00113. The Hall–Kier alpha value is -3.35. The number of hydrogen-bond donors (Lipinski definition) is 2. The molecule has 0 spiro atoms. The first-order valence-electron chi connectivity index (χ1n) is 11.9. The van der Waals surface area contributed by atoms with E-state index in [1.54, 1.807) is 0 Å². The average molecular weight is 463 g/mol. The minimum atomic E-state index is -0.962. The summed E-state index contributed by atoms with van der Waals surface area (Å²) in [6.07, 6.45) is 1.34. The first-order chi connectivity index (χ1) is 16.3. The quantitative estimate of drug-likeness (QED) is 0.700. The second-order valence-corrected chi connectivity index (χ2v) is 10.4. The maximum Gasteiger partial charge on any atom is 0.407 e. The molecule has 5 rings (SSSR count). The lowest BCUT2D eigenvalue weighted by Gasteiger charge is -2.52. The molecule has 0 radical (unpaired) electrons. The van der Waals surface area contributed by atoms with Gasteiger partial charge in [0.25, 0.3) is 0 Å². The lowest BCUT2D eigenvalue weighted by Crippen LogP contribution is -2.67. The Labute approximate surface area is 199 Å². The second-order valence-electron chi connectivity index (χ2n) is 10.4. The van der Waals surface area contributed by atoms with Crippen molar-refractivity contribution in [3.63, 3.8) is 0 Å². The van der Waals surface area contributed by atoms with E-state index in [-0.39, 0.29) is 30.4 Å². The molecule has 2 aromatic carbocycles. The zero-order valence-corrected chi connectivity index (χ0v) is 19.5. The van der Waals surface area contributed by atoms with Crippen molar-refractivity contribution in [1.29, 1.82) is 0 Å². The van der Waals surface area contributed by atoms with Crippen LogP contribution < -0.4 is 5.32 Å². The Bertz CT molecular complexity index is 1100. The Morgan fingerprint density at radius 2 is 1.65 bits per heavy atom. The van der Waals surface area contributed by atoms with Gasteiger partial charge in [0.05, 0.1) is 0 Å². The van der Waals surface area contributed by atoms with E-state index in [2.05, 4.69) is 29.6 Å². The van der Waals surface area contributed by atoms with Crippen LogP contribution in [-0.4, -0.2) is 53.2 Å². The van der Waals surface area contributed by atoms with Gasteiger partial charge in [0.15, 0.2) is 0 Å². The third-order valence-electron chi connectivity index (χ3n) is 7.59. The highest BCUT2D eigenvalue weighted by Gasteiger charge is 2.54. The monoisotopic (exact) mass is 462 g/mol. The van der Waals surface area contributed by atoms with Crippen molar-refractivity contribution in [3.8, 4) is 11.1 Å². The number of carbonyl (C=O) groups excluding carboxylic acids is 2. The Kier molecular flexibility index (Phi) is 5.58. The molecule has 7 heteroatoms. The number of benzene rings is 2. The number of alkyl carbamates (subject to hydrolysis) is 1. The Balaban J connectivity index is 1.16. The summed E-state index contributed by atoms with van der Waals surface area (Å²) in [6, 6.07) is 15.5. The fraction of sp³-hybridized carbons (Fsp3) is 0.444. The first-order valence-corrected chi connectivity index (χ1v) is 11.9. The molecule has 2 N–H and O–H groups in total. The third-order valence-corrected chi connectivity index (χ3v) is 7.59. The van der Waals surface area contributed by atoms with Crippen LogP contribution >= 0.6 is 0 Å². The molecule has 0 aromatic heterocycles. The molecular formula is C27H30N2O5. The molecule has 0 bridgehead atoms. The lowest BCUT2D eigenvalue weighted by atomic mass is 9.74. The van der Waals surface area contributed by atoms with Crippen LogP contribution in [0.15, 0.2) is 48.5 Å². The lowest BCUT2D eigenvalue weighted by molar-refractivity contribution is -0.174. The summed E-state index contributed by atoms with van der Waals surface area (Å²) in [5.74, 6) is -1.35. The zero-order chi connectivity index (χ0) is 24.0. The van der Waals surface area contributed by atoms with Gasteiger partial charge < -0.3 is 20.1 Å². The van der Waals surface area contributed by atoms with Crippen LogP contribution in [0, 0.1) is 11.3 Å². The van der Waals surface area contributed by atoms with Gasteiger partial charge in [-0.2, -0.15) is 0 Å². The van der Waals surface area contributed by atoms with Crippen molar-refractivity contribution in [2.75, 3.05) is 13.2 Å². The Morgan fingerprint density at radius 3 is 2.24 bits per heavy atom. The topological polar surface area (TPSA) is 95.9 Å². The highest BCUT2D eigenvalue weighted by molar-refractivity contribution is 5.88. The van der Waals surface area contributed by atoms with Gasteiger partial charge in [-0.1, -0.05) is 62.4 Å². The van der Waals surface area contributed by atoms with E-state index in [1.807, 2.05) is 38.1 Å². The summed E-state index contributed by atoms with van der Waals surface area (Å²) in [4.78, 5) is 38.6. The van der Waals surface area contributed by atoms with Crippen LogP contribution in [-0.2, 0) is 14.3 Å². The van der Waals surface area contributed by atoms with Gasteiger partial charge >= 0.3 is 12.1 Å². The number of fused-ring (bicyclic) bond motifs is 3. The van der Waals surface area contributed by atoms with E-state index in [0.29, 0.717) is 25.8 Å². The van der Waals surface area contributed by atoms with Gasteiger partial charge in [-0.25, -0.2) is 9.59 Å². The third kappa shape index (κ3) is 3.83. The number of likely N-dealkylation sites (tertiary alicyclic amines) is 1. The van der Waals surface area contributed by atoms with Crippen molar-refractivity contribution in [2.24, 2.45) is 11.3 Å². The number of ether oxygens (including phenoxy) is 1. The standard InChI is InChI=1S/C27H30N2O5/c1-27(2)15-29(23(27)25(31)32)24(30)16-11-12-17(13-16)28-26(33)34-14-22-20-9-5-3-7-18(20)19-8-4-6-10-21(19)22/h3-10,16-17,22-23H,11-15H2,1-2H3,(H,28,33)(H,31,32)/t16-,17+,23?/m0/s1. The van der Waals surface area contributed by atoms with Gasteiger partial charge in [-0.05, 0) is 41.5 Å². The molecule has 2 aliphatic carbocycles. The highest BCUT2D eigenvalue weighted by Crippen LogP contribution is 2.44. The van der Waals surface area contributed by atoms with Crippen LogP contribution in [0.4, 0.5) is 4.79 Å². The molecule has 1 saturated carbocycles. The number of carbonyl (C=O) groups is 3. The largest absolute Gasteiger partial charge is 0.480 e. The van der Waals surface area contributed by atoms with E-state index in [1.165, 1.54) is 16.0 Å². The minimum Gasteiger partial charge on any atom is -0.480 e. The number of amides is 2. The van der Waals surface area contributed by atoms with Crippen LogP contribution in [0.3, 0.4) is 0 Å². The van der Waals surface area contributed by atoms with Crippen LogP contribution in [0.1, 0.15) is 50.2 Å². The number of rotatable bonds is 5. The summed E-state index contributed by atoms with van der Waals surface area (Å²) in [7, 11) is 0. The zero-order valence-electron chi connectivity index (χ0n) is 19.5. The fourth-order valence-corrected chi connectivity index (χ4v) is 5.98. The molecule has 2 aromatic rings. The Morgan fingerprint density at radius 1 is 1.03 bits per heavy atom. The summed E-state index contributed by atoms with van der Waals surface area (Å²) in [5.41, 5.74) is 4.26. The van der Waals surface area contributed by atoms with Crippen LogP contribution in [0.2, 0.25) is 0 Å². The maximum absolute atomic E-state index is 12.9. The molecular weight excluding hydrogens is 432 g/mol. The van der Waals surface area contributed by atoms with Crippen LogP contribution in [0.5, 0.6) is 0 Å². The predicted octanol–water partition coefficient (Wildman–Crippen LogP) is 4.02. The number of carboxylic acid groups (broad SMARTS) is 1. The van der Waals surface area contributed by atoms with Crippen molar-refractivity contribution >= 4 is 18.0 Å². The number of nitrogens with zero attached hydrogens (tertiary/aromatic N) is 1. The van der Waals surface area contributed by atoms with Gasteiger partial charge in [0, 0.05) is 29.8 Å². The maximum atomic E-state index is 12.9. The average Bonchev–Trinajstić information content (AvgIpc) is 3.38. The molecule has 7 nitrogen and oxygen atoms in total. The van der Waals surface area contributed by atoms with E-state index >= 15 is 0 Å². The summed E-state index contributed by atoms with van der Waals surface area (Å²) < 4.78 is 5.63. The fourth-order valence-electron chi connectivity index (χ4n) is 5.98. The normalized spacial score (nSPS) is 24.6. The molecule has 1 aliphatic heterocycles. The molecule has 34 heavy (non-hydrogen) atoms. The molecule has 1 saturated heterocycles. The van der Waals surface area contributed by atoms with Gasteiger partial charge in [-0.3, -0.25) is 4.79 Å². The first kappa shape index (κ1) is 22.4. The second kappa shape index (κ2) is 8.46. The summed E-state index contributed by atoms with van der Waals surface area (Å²) >= 11 is 0. The van der Waals surface area contributed by atoms with Crippen molar-refractivity contribution in [1.82, 2.24) is 10.2 Å². The molecule has 3 aliphatic rings. The molecule has 3 atom stereocenters. The van der Waals surface area contributed by atoms with Crippen molar-refractivity contribution < 1.29 is 24.2 Å². The smallest absolute Gasteiger partial charge is 0.407 e. The van der Waals surface area contributed by atoms with Gasteiger partial charge in [0.1, 0.15) is 12.6 Å². The van der Waals surface area contributed by atoms with E-state index in [0.717, 1.165) is 11.1 Å². The number of aliphatic carboxylic acids is 1. The summed E-state index contributed by atoms with van der Waals surface area (Å²) in [5, 5.41) is 12.4. The molecule has 2 fully saturated rings. The number of carboxylic acids is 1. The summed E-state index contributed by atoms with van der Waals surface area (Å²) in [6.45, 7) is 4.43. The van der Waals surface area contributed by atoms with Crippen LogP contribution in [0.25, 0.3) is 11.1 Å².